The van der Waals surface area contributed by atoms with E-state index in [-0.39, 0.29) is 23.7 Å². The van der Waals surface area contributed by atoms with Gasteiger partial charge >= 0.3 is 0 Å². The third-order valence-electron chi connectivity index (χ3n) is 3.53. The molecular weight excluding hydrogens is 319 g/mol. The van der Waals surface area contributed by atoms with Crippen LogP contribution in [-0.4, -0.2) is 25.5 Å². The zero-order valence-corrected chi connectivity index (χ0v) is 13.7. The van der Waals surface area contributed by atoms with Gasteiger partial charge in [0.2, 0.25) is 0 Å². The van der Waals surface area contributed by atoms with Gasteiger partial charge in [0.1, 0.15) is 0 Å². The van der Waals surface area contributed by atoms with Crippen LogP contribution >= 0.6 is 35.6 Å². The highest BCUT2D eigenvalue weighted by atomic mass is 35.5. The first kappa shape index (κ1) is 17.6. The molecular formula is C14H19Cl3N2O. The zero-order valence-electron chi connectivity index (χ0n) is 11.3. The third kappa shape index (κ3) is 4.52. The van der Waals surface area contributed by atoms with Crippen LogP contribution in [0.3, 0.4) is 0 Å². The Morgan fingerprint density at radius 2 is 2.20 bits per heavy atom. The first-order valence-corrected chi connectivity index (χ1v) is 7.20. The predicted octanol–water partition coefficient (Wildman–Crippen LogP) is 3.53. The third-order valence-corrected chi connectivity index (χ3v) is 4.10. The van der Waals surface area contributed by atoms with Crippen LogP contribution in [0, 0.1) is 5.41 Å². The Morgan fingerprint density at radius 1 is 1.45 bits per heavy atom. The minimum absolute atomic E-state index is 0. The van der Waals surface area contributed by atoms with Crippen molar-refractivity contribution in [2.75, 3.05) is 19.6 Å². The summed E-state index contributed by atoms with van der Waals surface area (Å²) in [6.45, 7) is 4.81. The van der Waals surface area contributed by atoms with Gasteiger partial charge in [-0.1, -0.05) is 30.1 Å². The van der Waals surface area contributed by atoms with Crippen LogP contribution in [0.1, 0.15) is 30.1 Å². The molecule has 1 atom stereocenters. The molecule has 2 N–H and O–H groups in total. The van der Waals surface area contributed by atoms with Gasteiger partial charge in [-0.25, -0.2) is 0 Å². The van der Waals surface area contributed by atoms with E-state index < -0.39 is 0 Å². The maximum absolute atomic E-state index is 12.1. The van der Waals surface area contributed by atoms with E-state index in [9.17, 15) is 4.79 Å². The van der Waals surface area contributed by atoms with Crippen molar-refractivity contribution in [3.63, 3.8) is 0 Å². The molecule has 1 fully saturated rings. The fourth-order valence-corrected chi connectivity index (χ4v) is 2.71. The van der Waals surface area contributed by atoms with Crippen molar-refractivity contribution in [3.05, 3.63) is 33.8 Å². The molecule has 1 aliphatic rings. The minimum Gasteiger partial charge on any atom is -0.351 e. The van der Waals surface area contributed by atoms with Crippen LogP contribution in [-0.2, 0) is 0 Å². The highest BCUT2D eigenvalue weighted by Gasteiger charge is 2.27. The van der Waals surface area contributed by atoms with Crippen molar-refractivity contribution in [1.29, 1.82) is 0 Å². The molecule has 1 aliphatic heterocycles. The first-order chi connectivity index (χ1) is 9.00. The van der Waals surface area contributed by atoms with Crippen molar-refractivity contribution in [1.82, 2.24) is 10.6 Å². The Morgan fingerprint density at radius 3 is 2.85 bits per heavy atom. The molecule has 6 heteroatoms. The lowest BCUT2D eigenvalue weighted by molar-refractivity contribution is 0.0925. The highest BCUT2D eigenvalue weighted by molar-refractivity contribution is 6.35. The van der Waals surface area contributed by atoms with E-state index >= 15 is 0 Å². The number of halogens is 3. The Balaban J connectivity index is 0.00000200. The molecule has 0 spiro atoms. The van der Waals surface area contributed by atoms with Gasteiger partial charge in [0, 0.05) is 18.1 Å². The van der Waals surface area contributed by atoms with Gasteiger partial charge in [0.05, 0.1) is 10.6 Å². The molecule has 1 saturated heterocycles. The van der Waals surface area contributed by atoms with E-state index in [0.29, 0.717) is 22.2 Å². The lowest BCUT2D eigenvalue weighted by Gasteiger charge is -2.34. The van der Waals surface area contributed by atoms with Gasteiger partial charge < -0.3 is 10.6 Å². The van der Waals surface area contributed by atoms with Crippen LogP contribution in [0.25, 0.3) is 0 Å². The Bertz CT molecular complexity index is 473. The Hall–Kier alpha value is -0.480. The summed E-state index contributed by atoms with van der Waals surface area (Å²) in [5.74, 6) is -0.167. The summed E-state index contributed by atoms with van der Waals surface area (Å²) in [7, 11) is 0. The number of hydrogen-bond donors (Lipinski definition) is 2. The largest absolute Gasteiger partial charge is 0.351 e. The van der Waals surface area contributed by atoms with Crippen LogP contribution in [0.4, 0.5) is 0 Å². The number of benzene rings is 1. The standard InChI is InChI=1S/C14H18Cl2N2O.ClH/c1-14(5-2-6-17-8-14)9-18-13(19)11-7-10(15)3-4-12(11)16;/h3-4,7,17H,2,5-6,8-9H2,1H3,(H,18,19);1H. The molecule has 112 valence electrons. The zero-order chi connectivity index (χ0) is 13.9. The van der Waals surface area contributed by atoms with Crippen molar-refractivity contribution in [2.45, 2.75) is 19.8 Å². The van der Waals surface area contributed by atoms with Crippen LogP contribution in [0.15, 0.2) is 18.2 Å². The molecule has 0 radical (unpaired) electrons. The lowest BCUT2D eigenvalue weighted by Crippen LogP contribution is -2.45. The summed E-state index contributed by atoms with van der Waals surface area (Å²) in [4.78, 5) is 12.1. The normalized spacial score (nSPS) is 21.9. The number of carbonyl (C=O) groups excluding carboxylic acids is 1. The number of rotatable bonds is 3. The molecule has 1 aromatic carbocycles. The van der Waals surface area contributed by atoms with Gasteiger partial charge in [-0.15, -0.1) is 12.4 Å². The summed E-state index contributed by atoms with van der Waals surface area (Å²) in [5.41, 5.74) is 0.542. The van der Waals surface area contributed by atoms with Gasteiger partial charge in [0.25, 0.3) is 5.91 Å². The summed E-state index contributed by atoms with van der Waals surface area (Å²) >= 11 is 11.9. The molecule has 1 amide bonds. The molecule has 0 aromatic heterocycles. The van der Waals surface area contributed by atoms with E-state index in [0.717, 1.165) is 25.9 Å². The Labute approximate surface area is 135 Å². The van der Waals surface area contributed by atoms with Crippen LogP contribution < -0.4 is 10.6 Å². The topological polar surface area (TPSA) is 41.1 Å². The molecule has 0 aliphatic carbocycles. The molecule has 1 heterocycles. The molecule has 0 saturated carbocycles. The second-order valence-corrected chi connectivity index (χ2v) is 6.24. The van der Waals surface area contributed by atoms with Gasteiger partial charge in [0.15, 0.2) is 0 Å². The molecule has 1 unspecified atom stereocenters. The van der Waals surface area contributed by atoms with E-state index in [2.05, 4.69) is 17.6 Å². The van der Waals surface area contributed by atoms with Crippen molar-refractivity contribution < 1.29 is 4.79 Å². The predicted molar refractivity (Wildman–Crippen MR) is 86.3 cm³/mol. The summed E-state index contributed by atoms with van der Waals surface area (Å²) < 4.78 is 0. The number of carbonyl (C=O) groups is 1. The number of piperidine rings is 1. The van der Waals surface area contributed by atoms with Gasteiger partial charge in [-0.05, 0) is 43.0 Å². The van der Waals surface area contributed by atoms with Crippen molar-refractivity contribution in [3.8, 4) is 0 Å². The van der Waals surface area contributed by atoms with E-state index in [1.807, 2.05) is 0 Å². The summed E-state index contributed by atoms with van der Waals surface area (Å²) in [5, 5.41) is 7.25. The number of hydrogen-bond acceptors (Lipinski definition) is 2. The molecule has 3 nitrogen and oxygen atoms in total. The highest BCUT2D eigenvalue weighted by Crippen LogP contribution is 2.25. The smallest absolute Gasteiger partial charge is 0.252 e. The van der Waals surface area contributed by atoms with Crippen LogP contribution in [0.2, 0.25) is 10.0 Å². The maximum atomic E-state index is 12.1. The fraction of sp³-hybridized carbons (Fsp3) is 0.500. The minimum atomic E-state index is -0.167. The van der Waals surface area contributed by atoms with E-state index in [4.69, 9.17) is 23.2 Å². The number of nitrogens with one attached hydrogen (secondary N) is 2. The second-order valence-electron chi connectivity index (χ2n) is 5.40. The molecule has 20 heavy (non-hydrogen) atoms. The average Bonchev–Trinajstić information content (AvgIpc) is 2.40. The molecule has 2 rings (SSSR count). The number of amides is 1. The first-order valence-electron chi connectivity index (χ1n) is 6.44. The quantitative estimate of drug-likeness (QED) is 0.886. The van der Waals surface area contributed by atoms with Crippen LogP contribution in [0.5, 0.6) is 0 Å². The monoisotopic (exact) mass is 336 g/mol. The fourth-order valence-electron chi connectivity index (χ4n) is 2.33. The molecule has 1 aromatic rings. The maximum Gasteiger partial charge on any atom is 0.252 e. The van der Waals surface area contributed by atoms with Gasteiger partial charge in [-0.2, -0.15) is 0 Å². The average molecular weight is 338 g/mol. The lowest BCUT2D eigenvalue weighted by atomic mass is 9.83. The van der Waals surface area contributed by atoms with E-state index in [1.165, 1.54) is 0 Å². The van der Waals surface area contributed by atoms with Crippen molar-refractivity contribution in [2.24, 2.45) is 5.41 Å². The second kappa shape index (κ2) is 7.51. The summed E-state index contributed by atoms with van der Waals surface area (Å²) in [6, 6.07) is 4.91. The Kier molecular flexibility index (Phi) is 6.59. The summed E-state index contributed by atoms with van der Waals surface area (Å²) in [6.07, 6.45) is 2.26. The SMILES string of the molecule is CC1(CNC(=O)c2cc(Cl)ccc2Cl)CCCNC1.Cl. The molecule has 0 bridgehead atoms. The van der Waals surface area contributed by atoms with E-state index in [1.54, 1.807) is 18.2 Å². The van der Waals surface area contributed by atoms with Gasteiger partial charge in [-0.3, -0.25) is 4.79 Å². The van der Waals surface area contributed by atoms with Crippen molar-refractivity contribution >= 4 is 41.5 Å².